The molecule has 1 aliphatic heterocycles. The lowest BCUT2D eigenvalue weighted by Gasteiger charge is -2.57. The predicted octanol–water partition coefficient (Wildman–Crippen LogP) is 3.10. The molecule has 4 aliphatic rings. The third-order valence-electron chi connectivity index (χ3n) is 6.73. The van der Waals surface area contributed by atoms with Crippen LogP contribution in [-0.4, -0.2) is 38.8 Å². The van der Waals surface area contributed by atoms with Crippen LogP contribution >= 0.6 is 0 Å². The fourth-order valence-corrected chi connectivity index (χ4v) is 4.99. The highest BCUT2D eigenvalue weighted by Gasteiger charge is 2.51. The van der Waals surface area contributed by atoms with E-state index in [1.54, 1.807) is 5.57 Å². The lowest BCUT2D eigenvalue weighted by atomic mass is 9.49. The molecule has 136 valence electrons. The normalized spacial score (nSPS) is 27.8. The van der Waals surface area contributed by atoms with Crippen molar-refractivity contribution in [2.24, 2.45) is 17.3 Å². The second kappa shape index (κ2) is 6.27. The summed E-state index contributed by atoms with van der Waals surface area (Å²) in [5.74, 6) is 0.907. The summed E-state index contributed by atoms with van der Waals surface area (Å²) in [6.07, 6.45) is 6.93. The Kier molecular flexibility index (Phi) is 4.22. The smallest absolute Gasteiger partial charge is 0.303 e. The summed E-state index contributed by atoms with van der Waals surface area (Å²) in [4.78, 5) is 13.3. The average Bonchev–Trinajstić information content (AvgIpc) is 2.85. The van der Waals surface area contributed by atoms with Gasteiger partial charge in [0.05, 0.1) is 17.8 Å². The first-order chi connectivity index (χ1) is 11.9. The number of aliphatic carboxylic acids is 1. The minimum Gasteiger partial charge on any atom is -0.481 e. The Balaban J connectivity index is 1.43. The van der Waals surface area contributed by atoms with Crippen LogP contribution in [-0.2, 0) is 24.3 Å². The van der Waals surface area contributed by atoms with Gasteiger partial charge in [-0.2, -0.15) is 5.10 Å². The van der Waals surface area contributed by atoms with Crippen molar-refractivity contribution in [3.05, 3.63) is 29.1 Å². The van der Waals surface area contributed by atoms with Crippen LogP contribution in [0.15, 0.2) is 17.7 Å². The maximum atomic E-state index is 10.8. The van der Waals surface area contributed by atoms with Gasteiger partial charge in [-0.25, -0.2) is 0 Å². The maximum Gasteiger partial charge on any atom is 0.303 e. The molecule has 0 saturated heterocycles. The van der Waals surface area contributed by atoms with Gasteiger partial charge in [-0.05, 0) is 42.6 Å². The molecular formula is C20H29N3O2. The third kappa shape index (κ3) is 3.14. The van der Waals surface area contributed by atoms with Crippen LogP contribution < -0.4 is 0 Å². The molecule has 3 aliphatic carbocycles. The molecule has 0 spiro atoms. The highest BCUT2D eigenvalue weighted by Crippen LogP contribution is 2.59. The molecule has 2 atom stereocenters. The number of rotatable bonds is 5. The zero-order chi connectivity index (χ0) is 17.6. The molecule has 2 heterocycles. The number of aryl methyl sites for hydroxylation is 2. The molecule has 0 unspecified atom stereocenters. The number of hydrogen-bond donors (Lipinski definition) is 1. The number of carboxylic acid groups (broad SMARTS) is 1. The summed E-state index contributed by atoms with van der Waals surface area (Å²) in [6, 6.07) is 2.11. The van der Waals surface area contributed by atoms with Crippen LogP contribution in [0.3, 0.4) is 0 Å². The first-order valence-corrected chi connectivity index (χ1v) is 9.62. The van der Waals surface area contributed by atoms with Crippen LogP contribution in [0.25, 0.3) is 0 Å². The minimum absolute atomic E-state index is 0.158. The van der Waals surface area contributed by atoms with Crippen molar-refractivity contribution in [1.82, 2.24) is 14.7 Å². The Bertz CT molecular complexity index is 704. The van der Waals surface area contributed by atoms with E-state index in [1.807, 2.05) is 0 Å². The van der Waals surface area contributed by atoms with Crippen molar-refractivity contribution in [3.63, 3.8) is 0 Å². The zero-order valence-corrected chi connectivity index (χ0v) is 15.4. The second-order valence-corrected chi connectivity index (χ2v) is 8.63. The van der Waals surface area contributed by atoms with E-state index in [0.29, 0.717) is 11.8 Å². The lowest BCUT2D eigenvalue weighted by molar-refractivity contribution is -0.136. The molecule has 5 nitrogen and oxygen atoms in total. The molecule has 0 radical (unpaired) electrons. The van der Waals surface area contributed by atoms with E-state index >= 15 is 0 Å². The Morgan fingerprint density at radius 1 is 1.40 bits per heavy atom. The molecule has 1 saturated carbocycles. The second-order valence-electron chi connectivity index (χ2n) is 8.63. The highest BCUT2D eigenvalue weighted by molar-refractivity contribution is 5.66. The monoisotopic (exact) mass is 343 g/mol. The van der Waals surface area contributed by atoms with Gasteiger partial charge in [0, 0.05) is 32.6 Å². The van der Waals surface area contributed by atoms with Crippen LogP contribution in [0, 0.1) is 17.3 Å². The average molecular weight is 343 g/mol. The Hall–Kier alpha value is -1.62. The lowest BCUT2D eigenvalue weighted by Crippen LogP contribution is -2.49. The van der Waals surface area contributed by atoms with E-state index in [2.05, 4.69) is 40.7 Å². The summed E-state index contributed by atoms with van der Waals surface area (Å²) >= 11 is 0. The highest BCUT2D eigenvalue weighted by atomic mass is 16.4. The van der Waals surface area contributed by atoms with Crippen molar-refractivity contribution < 1.29 is 9.90 Å². The molecule has 1 fully saturated rings. The molecule has 5 heteroatoms. The number of aromatic nitrogens is 2. The van der Waals surface area contributed by atoms with Crippen molar-refractivity contribution in [2.75, 3.05) is 13.1 Å². The SMILES string of the molecule is CC1(C)[C@@H]2CC=C(CN3CCCn4nc(CCC(=O)O)cc4C3)[C@H]1C2. The van der Waals surface area contributed by atoms with Gasteiger partial charge in [-0.3, -0.25) is 14.4 Å². The molecule has 2 bridgehead atoms. The quantitative estimate of drug-likeness (QED) is 0.835. The Labute approximate surface area is 149 Å². The van der Waals surface area contributed by atoms with Gasteiger partial charge in [-0.15, -0.1) is 0 Å². The van der Waals surface area contributed by atoms with Gasteiger partial charge in [0.1, 0.15) is 0 Å². The van der Waals surface area contributed by atoms with E-state index < -0.39 is 5.97 Å². The van der Waals surface area contributed by atoms with E-state index in [1.165, 1.54) is 18.5 Å². The number of allylic oxidation sites excluding steroid dienone is 1. The molecule has 0 aromatic carbocycles. The van der Waals surface area contributed by atoms with Crippen molar-refractivity contribution in [3.8, 4) is 0 Å². The first-order valence-electron chi connectivity index (χ1n) is 9.62. The van der Waals surface area contributed by atoms with Gasteiger partial charge >= 0.3 is 5.97 Å². The van der Waals surface area contributed by atoms with Crippen LogP contribution in [0.4, 0.5) is 0 Å². The maximum absolute atomic E-state index is 10.8. The van der Waals surface area contributed by atoms with Crippen molar-refractivity contribution in [1.29, 1.82) is 0 Å². The third-order valence-corrected chi connectivity index (χ3v) is 6.73. The number of carboxylic acids is 1. The number of hydrogen-bond acceptors (Lipinski definition) is 3. The molecular weight excluding hydrogens is 314 g/mol. The van der Waals surface area contributed by atoms with Crippen LogP contribution in [0.2, 0.25) is 0 Å². The summed E-state index contributed by atoms with van der Waals surface area (Å²) in [7, 11) is 0. The zero-order valence-electron chi connectivity index (χ0n) is 15.4. The number of carbonyl (C=O) groups is 1. The van der Waals surface area contributed by atoms with Gasteiger partial charge in [0.25, 0.3) is 0 Å². The van der Waals surface area contributed by atoms with E-state index in [-0.39, 0.29) is 6.42 Å². The Morgan fingerprint density at radius 3 is 2.96 bits per heavy atom. The topological polar surface area (TPSA) is 58.4 Å². The Morgan fingerprint density at radius 2 is 2.24 bits per heavy atom. The molecule has 1 N–H and O–H groups in total. The van der Waals surface area contributed by atoms with E-state index in [0.717, 1.165) is 50.1 Å². The molecule has 25 heavy (non-hydrogen) atoms. The van der Waals surface area contributed by atoms with Gasteiger partial charge in [-0.1, -0.05) is 25.5 Å². The van der Waals surface area contributed by atoms with Crippen LogP contribution in [0.1, 0.15) is 50.9 Å². The van der Waals surface area contributed by atoms with E-state index in [4.69, 9.17) is 5.11 Å². The van der Waals surface area contributed by atoms with E-state index in [9.17, 15) is 4.79 Å². The predicted molar refractivity (Wildman–Crippen MR) is 96.2 cm³/mol. The summed E-state index contributed by atoms with van der Waals surface area (Å²) in [5.41, 5.74) is 4.28. The van der Waals surface area contributed by atoms with Crippen molar-refractivity contribution >= 4 is 5.97 Å². The van der Waals surface area contributed by atoms with Gasteiger partial charge in [0.15, 0.2) is 0 Å². The fourth-order valence-electron chi connectivity index (χ4n) is 4.99. The van der Waals surface area contributed by atoms with Crippen LogP contribution in [0.5, 0.6) is 0 Å². The van der Waals surface area contributed by atoms with Gasteiger partial charge in [0.2, 0.25) is 0 Å². The number of fused-ring (bicyclic) bond motifs is 2. The molecule has 5 rings (SSSR count). The van der Waals surface area contributed by atoms with Crippen molar-refractivity contribution in [2.45, 2.75) is 59.0 Å². The molecule has 1 aromatic heterocycles. The molecule has 1 aromatic rings. The largest absolute Gasteiger partial charge is 0.481 e. The standard InChI is InChI=1S/C20H29N3O2/c1-20(2)15-5-4-14(18(20)10-15)12-22-8-3-9-23-17(13-22)11-16(21-23)6-7-19(24)25/h4,11,15,18H,3,5-10,12-13H2,1-2H3,(H,24,25)/t15-,18-/m1/s1. The van der Waals surface area contributed by atoms with Gasteiger partial charge < -0.3 is 5.11 Å². The first kappa shape index (κ1) is 16.8. The summed E-state index contributed by atoms with van der Waals surface area (Å²) in [6.45, 7) is 8.93. The number of nitrogens with zero attached hydrogens (tertiary/aromatic N) is 3. The summed E-state index contributed by atoms with van der Waals surface area (Å²) in [5, 5.41) is 13.5. The molecule has 0 amide bonds. The summed E-state index contributed by atoms with van der Waals surface area (Å²) < 4.78 is 2.09. The fraction of sp³-hybridized carbons (Fsp3) is 0.700. The minimum atomic E-state index is -0.754.